The van der Waals surface area contributed by atoms with E-state index in [1.807, 2.05) is 19.5 Å². The molecule has 1 aromatic rings. The molecule has 0 radical (unpaired) electrons. The summed E-state index contributed by atoms with van der Waals surface area (Å²) in [5, 5.41) is 6.71. The van der Waals surface area contributed by atoms with E-state index in [4.69, 9.17) is 0 Å². The summed E-state index contributed by atoms with van der Waals surface area (Å²) in [7, 11) is 1.81. The molecule has 2 unspecified atom stereocenters. The zero-order valence-corrected chi connectivity index (χ0v) is 10.8. The first-order chi connectivity index (χ1) is 7.70. The number of hydrogen-bond donors (Lipinski definition) is 2. The Morgan fingerprint density at radius 3 is 2.94 bits per heavy atom. The van der Waals surface area contributed by atoms with Crippen LogP contribution in [0.25, 0.3) is 0 Å². The molecule has 88 valence electrons. The number of nitrogens with zero attached hydrogens (tertiary/aromatic N) is 2. The average molecular weight is 238 g/mol. The molecular formula is C11H18N4S. The number of thiazole rings is 1. The number of guanidine groups is 1. The van der Waals surface area contributed by atoms with Crippen molar-refractivity contribution in [2.45, 2.75) is 32.9 Å². The lowest BCUT2D eigenvalue weighted by Crippen LogP contribution is -2.38. The number of aryl methyl sites for hydroxylation is 1. The van der Waals surface area contributed by atoms with E-state index in [9.17, 15) is 0 Å². The van der Waals surface area contributed by atoms with Crippen LogP contribution in [0.4, 0.5) is 0 Å². The third-order valence-corrected chi connectivity index (χ3v) is 3.85. The second kappa shape index (κ2) is 4.82. The minimum absolute atomic E-state index is 0.605. The summed E-state index contributed by atoms with van der Waals surface area (Å²) < 4.78 is 0. The maximum atomic E-state index is 4.22. The summed E-state index contributed by atoms with van der Waals surface area (Å²) in [6, 6.07) is 0.605. The van der Waals surface area contributed by atoms with Crippen molar-refractivity contribution < 1.29 is 0 Å². The molecule has 2 atom stereocenters. The molecule has 5 heteroatoms. The summed E-state index contributed by atoms with van der Waals surface area (Å²) in [5.41, 5.74) is 2.98. The number of rotatable bonds is 3. The molecule has 0 amide bonds. The third kappa shape index (κ3) is 2.72. The minimum Gasteiger partial charge on any atom is -0.353 e. The van der Waals surface area contributed by atoms with Crippen LogP contribution in [0.1, 0.15) is 23.9 Å². The first-order valence-corrected chi connectivity index (χ1v) is 6.45. The Bertz CT molecular complexity index is 385. The maximum Gasteiger partial charge on any atom is 0.191 e. The molecule has 1 saturated carbocycles. The highest BCUT2D eigenvalue weighted by molar-refractivity contribution is 7.09. The molecule has 0 aliphatic heterocycles. The SMILES string of the molecule is CN=C(NCc1scnc1C)NC1CC1C. The fourth-order valence-corrected chi connectivity index (χ4v) is 2.27. The highest BCUT2D eigenvalue weighted by Crippen LogP contribution is 2.28. The average Bonchev–Trinajstić information content (AvgIpc) is 2.79. The Hall–Kier alpha value is -1.10. The third-order valence-electron chi connectivity index (χ3n) is 2.92. The predicted octanol–water partition coefficient (Wildman–Crippen LogP) is 1.52. The van der Waals surface area contributed by atoms with Crippen molar-refractivity contribution in [1.29, 1.82) is 0 Å². The lowest BCUT2D eigenvalue weighted by molar-refractivity contribution is 0.765. The van der Waals surface area contributed by atoms with Crippen LogP contribution in [0.2, 0.25) is 0 Å². The van der Waals surface area contributed by atoms with E-state index in [0.29, 0.717) is 6.04 Å². The fraction of sp³-hybridized carbons (Fsp3) is 0.636. The monoisotopic (exact) mass is 238 g/mol. The van der Waals surface area contributed by atoms with Gasteiger partial charge in [0.25, 0.3) is 0 Å². The Morgan fingerprint density at radius 1 is 1.69 bits per heavy atom. The molecule has 2 N–H and O–H groups in total. The molecule has 0 saturated heterocycles. The zero-order chi connectivity index (χ0) is 11.5. The second-order valence-electron chi connectivity index (χ2n) is 4.25. The highest BCUT2D eigenvalue weighted by atomic mass is 32.1. The van der Waals surface area contributed by atoms with Crippen molar-refractivity contribution in [1.82, 2.24) is 15.6 Å². The standard InChI is InChI=1S/C11H18N4S/c1-7-4-9(7)15-11(12-3)13-5-10-8(2)14-6-16-10/h6-7,9H,4-5H2,1-3H3,(H2,12,13,15). The maximum absolute atomic E-state index is 4.22. The predicted molar refractivity (Wildman–Crippen MR) is 67.8 cm³/mol. The van der Waals surface area contributed by atoms with Crippen molar-refractivity contribution in [2.75, 3.05) is 7.05 Å². The van der Waals surface area contributed by atoms with Crippen LogP contribution >= 0.6 is 11.3 Å². The topological polar surface area (TPSA) is 49.3 Å². The molecule has 0 bridgehead atoms. The van der Waals surface area contributed by atoms with Gasteiger partial charge in [-0.05, 0) is 19.3 Å². The first kappa shape index (κ1) is 11.4. The molecule has 1 heterocycles. The van der Waals surface area contributed by atoms with Crippen molar-refractivity contribution in [3.63, 3.8) is 0 Å². The normalized spacial score (nSPS) is 24.3. The van der Waals surface area contributed by atoms with Gasteiger partial charge in [-0.3, -0.25) is 4.99 Å². The molecular weight excluding hydrogens is 220 g/mol. The van der Waals surface area contributed by atoms with Crippen LogP contribution in [-0.2, 0) is 6.54 Å². The van der Waals surface area contributed by atoms with Gasteiger partial charge in [0.2, 0.25) is 0 Å². The largest absolute Gasteiger partial charge is 0.353 e. The van der Waals surface area contributed by atoms with Crippen molar-refractivity contribution in [2.24, 2.45) is 10.9 Å². The lowest BCUT2D eigenvalue weighted by Gasteiger charge is -2.10. The van der Waals surface area contributed by atoms with Gasteiger partial charge in [-0.25, -0.2) is 4.98 Å². The van der Waals surface area contributed by atoms with Crippen molar-refractivity contribution >= 4 is 17.3 Å². The number of nitrogens with one attached hydrogen (secondary N) is 2. The fourth-order valence-electron chi connectivity index (χ4n) is 1.55. The van der Waals surface area contributed by atoms with Crippen LogP contribution in [-0.4, -0.2) is 24.0 Å². The summed E-state index contributed by atoms with van der Waals surface area (Å²) in [6.07, 6.45) is 1.25. The van der Waals surface area contributed by atoms with Gasteiger partial charge in [0.05, 0.1) is 17.7 Å². The van der Waals surface area contributed by atoms with E-state index in [1.54, 1.807) is 11.3 Å². The van der Waals surface area contributed by atoms with Crippen molar-refractivity contribution in [3.8, 4) is 0 Å². The van der Waals surface area contributed by atoms with Crippen LogP contribution in [0.5, 0.6) is 0 Å². The van der Waals surface area contributed by atoms with Gasteiger partial charge in [-0.1, -0.05) is 6.92 Å². The summed E-state index contributed by atoms with van der Waals surface area (Å²) >= 11 is 1.68. The molecule has 0 spiro atoms. The van der Waals surface area contributed by atoms with Crippen LogP contribution in [0.3, 0.4) is 0 Å². The van der Waals surface area contributed by atoms with Crippen molar-refractivity contribution in [3.05, 3.63) is 16.1 Å². The molecule has 1 aromatic heterocycles. The molecule has 0 aromatic carbocycles. The van der Waals surface area contributed by atoms with Gasteiger partial charge >= 0.3 is 0 Å². The lowest BCUT2D eigenvalue weighted by atomic mass is 10.4. The molecule has 1 aliphatic rings. The first-order valence-electron chi connectivity index (χ1n) is 5.57. The summed E-state index contributed by atoms with van der Waals surface area (Å²) in [6.45, 7) is 5.09. The Morgan fingerprint density at radius 2 is 2.44 bits per heavy atom. The van der Waals surface area contributed by atoms with E-state index in [-0.39, 0.29) is 0 Å². The molecule has 4 nitrogen and oxygen atoms in total. The Balaban J connectivity index is 1.81. The second-order valence-corrected chi connectivity index (χ2v) is 5.19. The zero-order valence-electron chi connectivity index (χ0n) is 9.95. The van der Waals surface area contributed by atoms with Crippen LogP contribution in [0, 0.1) is 12.8 Å². The van der Waals surface area contributed by atoms with E-state index in [2.05, 4.69) is 27.5 Å². The Kier molecular flexibility index (Phi) is 3.43. The van der Waals surface area contributed by atoms with Gasteiger partial charge in [0, 0.05) is 18.0 Å². The quantitative estimate of drug-likeness (QED) is 0.620. The van der Waals surface area contributed by atoms with Gasteiger partial charge in [0.1, 0.15) is 0 Å². The smallest absolute Gasteiger partial charge is 0.191 e. The summed E-state index contributed by atoms with van der Waals surface area (Å²) in [4.78, 5) is 9.70. The van der Waals surface area contributed by atoms with Crippen LogP contribution < -0.4 is 10.6 Å². The van der Waals surface area contributed by atoms with Gasteiger partial charge in [-0.15, -0.1) is 11.3 Å². The van der Waals surface area contributed by atoms with E-state index in [0.717, 1.165) is 24.1 Å². The van der Waals surface area contributed by atoms with E-state index >= 15 is 0 Å². The Labute approximate surface area is 100 Å². The molecule has 1 aliphatic carbocycles. The van der Waals surface area contributed by atoms with Gasteiger partial charge < -0.3 is 10.6 Å². The number of aromatic nitrogens is 1. The number of hydrogen-bond acceptors (Lipinski definition) is 3. The van der Waals surface area contributed by atoms with E-state index < -0.39 is 0 Å². The van der Waals surface area contributed by atoms with Gasteiger partial charge in [-0.2, -0.15) is 0 Å². The molecule has 16 heavy (non-hydrogen) atoms. The van der Waals surface area contributed by atoms with E-state index in [1.165, 1.54) is 11.3 Å². The molecule has 1 fully saturated rings. The highest BCUT2D eigenvalue weighted by Gasteiger charge is 2.33. The van der Waals surface area contributed by atoms with Gasteiger partial charge in [0.15, 0.2) is 5.96 Å². The van der Waals surface area contributed by atoms with Crippen LogP contribution in [0.15, 0.2) is 10.5 Å². The number of aliphatic imine (C=N–C) groups is 1. The summed E-state index contributed by atoms with van der Waals surface area (Å²) in [5.74, 6) is 1.67. The molecule has 2 rings (SSSR count). The minimum atomic E-state index is 0.605.